The van der Waals surface area contributed by atoms with E-state index in [-0.39, 0.29) is 17.9 Å². The molecule has 2 aliphatic rings. The molecule has 30 heavy (non-hydrogen) atoms. The average molecular weight is 412 g/mol. The third kappa shape index (κ3) is 3.63. The molecule has 8 nitrogen and oxygen atoms in total. The summed E-state index contributed by atoms with van der Waals surface area (Å²) in [6.45, 7) is 5.51. The molecule has 1 amide bonds. The van der Waals surface area contributed by atoms with Crippen LogP contribution in [0, 0.1) is 11.3 Å². The van der Waals surface area contributed by atoms with Crippen molar-refractivity contribution in [2.45, 2.75) is 26.1 Å². The normalized spacial score (nSPS) is 24.4. The Bertz CT molecular complexity index is 931. The van der Waals surface area contributed by atoms with Crippen LogP contribution < -0.4 is 25.0 Å². The Balaban J connectivity index is 1.43. The van der Waals surface area contributed by atoms with Crippen molar-refractivity contribution in [1.29, 1.82) is 0 Å². The molecule has 1 saturated carbocycles. The molecule has 3 N–H and O–H groups in total. The van der Waals surface area contributed by atoms with Gasteiger partial charge in [0.1, 0.15) is 6.54 Å². The molecule has 2 heterocycles. The molecule has 1 aromatic carbocycles. The molecule has 2 aromatic rings. The minimum absolute atomic E-state index is 0.159. The highest BCUT2D eigenvalue weighted by Gasteiger charge is 2.57. The van der Waals surface area contributed by atoms with Gasteiger partial charge in [-0.2, -0.15) is 4.98 Å². The van der Waals surface area contributed by atoms with E-state index in [1.54, 1.807) is 19.1 Å². The van der Waals surface area contributed by atoms with E-state index in [9.17, 15) is 9.90 Å². The van der Waals surface area contributed by atoms with Crippen LogP contribution in [-0.4, -0.2) is 49.7 Å². The quantitative estimate of drug-likeness (QED) is 0.641. The van der Waals surface area contributed by atoms with Crippen molar-refractivity contribution in [3.8, 4) is 11.8 Å². The number of amides is 1. The topological polar surface area (TPSA) is 96.0 Å². The van der Waals surface area contributed by atoms with Crippen molar-refractivity contribution in [3.05, 3.63) is 42.0 Å². The molecule has 1 saturated heterocycles. The minimum atomic E-state index is -0.967. The van der Waals surface area contributed by atoms with Gasteiger partial charge in [0, 0.05) is 18.3 Å². The Labute approximate surface area is 176 Å². The number of anilines is 2. The molecule has 0 radical (unpaired) electrons. The summed E-state index contributed by atoms with van der Waals surface area (Å²) in [6, 6.07) is 11.8. The summed E-state index contributed by atoms with van der Waals surface area (Å²) in [7, 11) is 3.18. The Morgan fingerprint density at radius 2 is 1.93 bits per heavy atom. The van der Waals surface area contributed by atoms with Gasteiger partial charge in [0.15, 0.2) is 0 Å². The lowest BCUT2D eigenvalue weighted by Crippen LogP contribution is -2.35. The number of rotatable bonds is 7. The number of benzene rings is 1. The number of methoxy groups -OCH3 is 2. The second-order valence-electron chi connectivity index (χ2n) is 8.36. The molecular weight excluding hydrogens is 384 g/mol. The highest BCUT2D eigenvalue weighted by molar-refractivity contribution is 5.85. The number of hydrogen-bond donors (Lipinski definition) is 3. The Morgan fingerprint density at radius 1 is 1.20 bits per heavy atom. The van der Waals surface area contributed by atoms with E-state index >= 15 is 0 Å². The zero-order valence-electron chi connectivity index (χ0n) is 17.7. The van der Waals surface area contributed by atoms with E-state index < -0.39 is 6.35 Å². The van der Waals surface area contributed by atoms with E-state index in [1.807, 2.05) is 24.3 Å². The maximum absolute atomic E-state index is 11.5. The minimum Gasteiger partial charge on any atom is -0.481 e. The van der Waals surface area contributed by atoms with E-state index in [0.29, 0.717) is 23.6 Å². The van der Waals surface area contributed by atoms with Crippen molar-refractivity contribution >= 4 is 17.3 Å². The van der Waals surface area contributed by atoms with Crippen LogP contribution in [0.4, 0.5) is 11.4 Å². The fraction of sp³-hybridized carbons (Fsp3) is 0.455. The van der Waals surface area contributed by atoms with E-state index in [4.69, 9.17) is 9.47 Å². The predicted molar refractivity (Wildman–Crippen MR) is 114 cm³/mol. The Morgan fingerprint density at radius 3 is 2.53 bits per heavy atom. The number of aliphatic hydroxyl groups excluding tert-OH is 1. The van der Waals surface area contributed by atoms with Gasteiger partial charge in [-0.1, -0.05) is 26.0 Å². The number of aliphatic hydroxyl groups is 1. The van der Waals surface area contributed by atoms with Crippen molar-refractivity contribution in [1.82, 2.24) is 10.3 Å². The van der Waals surface area contributed by atoms with Crippen molar-refractivity contribution < 1.29 is 19.4 Å². The van der Waals surface area contributed by atoms with Gasteiger partial charge in [-0.3, -0.25) is 4.79 Å². The van der Waals surface area contributed by atoms with Crippen LogP contribution in [0.2, 0.25) is 0 Å². The maximum Gasteiger partial charge on any atom is 0.243 e. The van der Waals surface area contributed by atoms with Crippen LogP contribution in [0.3, 0.4) is 0 Å². The van der Waals surface area contributed by atoms with Crippen LogP contribution in [-0.2, 0) is 4.79 Å². The standard InChI is InChI=1S/C22H28N4O4/c1-22(2)15(11-23-16-9-10-18(29-3)25-20(16)30-4)19(22)13-5-7-14(8-6-13)26-12-17(27)24-21(26)28/h5-10,15,19,21,23,28H,11-12H2,1-4H3,(H,24,27). The van der Waals surface area contributed by atoms with Gasteiger partial charge in [-0.25, -0.2) is 0 Å². The fourth-order valence-corrected chi connectivity index (χ4v) is 4.45. The lowest BCUT2D eigenvalue weighted by Gasteiger charge is -2.20. The molecule has 1 aliphatic heterocycles. The summed E-state index contributed by atoms with van der Waals surface area (Å²) in [5, 5.41) is 15.9. The van der Waals surface area contributed by atoms with E-state index in [0.717, 1.165) is 17.9 Å². The summed E-state index contributed by atoms with van der Waals surface area (Å²) >= 11 is 0. The lowest BCUT2D eigenvalue weighted by molar-refractivity contribution is -0.119. The van der Waals surface area contributed by atoms with Crippen molar-refractivity contribution in [3.63, 3.8) is 0 Å². The van der Waals surface area contributed by atoms with Gasteiger partial charge < -0.3 is 30.1 Å². The number of aromatic nitrogens is 1. The highest BCUT2D eigenvalue weighted by Crippen LogP contribution is 2.64. The molecule has 2 fully saturated rings. The number of hydrogen-bond acceptors (Lipinski definition) is 7. The number of pyridine rings is 1. The smallest absolute Gasteiger partial charge is 0.243 e. The number of carbonyl (C=O) groups is 1. The van der Waals surface area contributed by atoms with Crippen molar-refractivity contribution in [2.24, 2.45) is 11.3 Å². The molecule has 8 heteroatoms. The number of nitrogens with one attached hydrogen (secondary N) is 2. The van der Waals surface area contributed by atoms with Gasteiger partial charge >= 0.3 is 0 Å². The molecular formula is C22H28N4O4. The summed E-state index contributed by atoms with van der Waals surface area (Å²) in [5.74, 6) is 1.72. The molecule has 0 spiro atoms. The number of ether oxygens (including phenoxy) is 2. The molecule has 3 unspecified atom stereocenters. The van der Waals surface area contributed by atoms with Crippen LogP contribution in [0.25, 0.3) is 0 Å². The summed E-state index contributed by atoms with van der Waals surface area (Å²) in [6.07, 6.45) is -0.967. The van der Waals surface area contributed by atoms with Crippen molar-refractivity contribution in [2.75, 3.05) is 37.5 Å². The predicted octanol–water partition coefficient (Wildman–Crippen LogP) is 2.16. The second-order valence-corrected chi connectivity index (χ2v) is 8.36. The van der Waals surface area contributed by atoms with Gasteiger partial charge in [0.25, 0.3) is 0 Å². The Kier molecular flexibility index (Phi) is 5.19. The van der Waals surface area contributed by atoms with Gasteiger partial charge in [0.05, 0.1) is 19.9 Å². The average Bonchev–Trinajstić information content (AvgIpc) is 3.11. The first-order chi connectivity index (χ1) is 14.3. The zero-order chi connectivity index (χ0) is 21.5. The van der Waals surface area contributed by atoms with Gasteiger partial charge in [0.2, 0.25) is 24.0 Å². The fourth-order valence-electron chi connectivity index (χ4n) is 4.45. The van der Waals surface area contributed by atoms with Crippen LogP contribution >= 0.6 is 0 Å². The number of nitrogens with zero attached hydrogens (tertiary/aromatic N) is 2. The Hall–Kier alpha value is -3.00. The van der Waals surface area contributed by atoms with E-state index in [1.165, 1.54) is 5.56 Å². The van der Waals surface area contributed by atoms with Crippen LogP contribution in [0.15, 0.2) is 36.4 Å². The summed E-state index contributed by atoms with van der Waals surface area (Å²) < 4.78 is 10.5. The number of carbonyl (C=O) groups excluding carboxylic acids is 1. The first kappa shape index (κ1) is 20.3. The lowest BCUT2D eigenvalue weighted by atomic mass is 10.0. The second kappa shape index (κ2) is 7.68. The maximum atomic E-state index is 11.5. The van der Waals surface area contributed by atoms with Crippen LogP contribution in [0.1, 0.15) is 25.3 Å². The largest absolute Gasteiger partial charge is 0.481 e. The van der Waals surface area contributed by atoms with Gasteiger partial charge in [-0.05, 0) is 41.0 Å². The monoisotopic (exact) mass is 412 g/mol. The molecule has 160 valence electrons. The molecule has 3 atom stereocenters. The zero-order valence-corrected chi connectivity index (χ0v) is 17.7. The van der Waals surface area contributed by atoms with E-state index in [2.05, 4.69) is 41.6 Å². The SMILES string of the molecule is COc1ccc(NCC2C(c3ccc(N4CC(=O)NC4O)cc3)C2(C)C)c(OC)n1. The third-order valence-electron chi connectivity index (χ3n) is 6.28. The molecule has 4 rings (SSSR count). The molecule has 1 aromatic heterocycles. The molecule has 0 bridgehead atoms. The highest BCUT2D eigenvalue weighted by atomic mass is 16.5. The third-order valence-corrected chi connectivity index (χ3v) is 6.28. The first-order valence-electron chi connectivity index (χ1n) is 10.0. The first-order valence-corrected chi connectivity index (χ1v) is 10.0. The summed E-state index contributed by atoms with van der Waals surface area (Å²) in [5.41, 5.74) is 3.08. The van der Waals surface area contributed by atoms with Gasteiger partial charge in [-0.15, -0.1) is 0 Å². The van der Waals surface area contributed by atoms with Crippen LogP contribution in [0.5, 0.6) is 11.8 Å². The summed E-state index contributed by atoms with van der Waals surface area (Å²) in [4.78, 5) is 17.4. The molecule has 1 aliphatic carbocycles.